The average Bonchev–Trinajstić information content (AvgIpc) is 2.42. The van der Waals surface area contributed by atoms with Crippen molar-refractivity contribution in [2.24, 2.45) is 0 Å². The molecule has 4 heteroatoms. The Balaban J connectivity index is 2.32. The number of nitrogens with one attached hydrogen (secondary N) is 1. The van der Waals surface area contributed by atoms with E-state index in [1.165, 1.54) is 0 Å². The molecule has 100 valence electrons. The van der Waals surface area contributed by atoms with Gasteiger partial charge in [-0.1, -0.05) is 25.5 Å². The highest BCUT2D eigenvalue weighted by Gasteiger charge is 2.10. The van der Waals surface area contributed by atoms with E-state index in [9.17, 15) is 4.79 Å². The van der Waals surface area contributed by atoms with E-state index in [1.54, 1.807) is 13.1 Å². The maximum absolute atomic E-state index is 11.8. The quantitative estimate of drug-likeness (QED) is 0.570. The van der Waals surface area contributed by atoms with E-state index in [0.717, 1.165) is 25.1 Å². The third-order valence-electron chi connectivity index (χ3n) is 2.52. The second-order valence-electron chi connectivity index (χ2n) is 3.90. The van der Waals surface area contributed by atoms with Crippen molar-refractivity contribution in [2.75, 3.05) is 32.2 Å². The van der Waals surface area contributed by atoms with Crippen molar-refractivity contribution in [3.05, 3.63) is 29.8 Å². The van der Waals surface area contributed by atoms with Gasteiger partial charge in [-0.2, -0.15) is 0 Å². The van der Waals surface area contributed by atoms with Crippen molar-refractivity contribution < 1.29 is 14.3 Å². The lowest BCUT2D eigenvalue weighted by atomic mass is 10.2. The fraction of sp³-hybridized carbons (Fsp3) is 0.500. The summed E-state index contributed by atoms with van der Waals surface area (Å²) in [5, 5.41) is 2.96. The topological polar surface area (TPSA) is 47.6 Å². The summed E-state index contributed by atoms with van der Waals surface area (Å²) >= 11 is 0. The van der Waals surface area contributed by atoms with Crippen LogP contribution in [0.15, 0.2) is 24.3 Å². The molecule has 1 aromatic carbocycles. The number of unbranched alkanes of at least 4 members (excludes halogenated alkanes) is 1. The van der Waals surface area contributed by atoms with Crippen LogP contribution in [0, 0.1) is 0 Å². The molecule has 0 fully saturated rings. The lowest BCUT2D eigenvalue weighted by molar-refractivity contribution is 0.0315. The van der Waals surface area contributed by atoms with Crippen LogP contribution in [-0.2, 0) is 9.47 Å². The van der Waals surface area contributed by atoms with Gasteiger partial charge in [0.25, 0.3) is 0 Å². The molecule has 0 heterocycles. The molecule has 0 saturated heterocycles. The summed E-state index contributed by atoms with van der Waals surface area (Å²) in [6.45, 7) is 3.58. The van der Waals surface area contributed by atoms with Gasteiger partial charge in [-0.05, 0) is 18.6 Å². The van der Waals surface area contributed by atoms with Gasteiger partial charge in [0.1, 0.15) is 6.61 Å². The van der Waals surface area contributed by atoms with Gasteiger partial charge in [0, 0.05) is 19.3 Å². The molecule has 0 unspecified atom stereocenters. The number of hydrogen-bond acceptors (Lipinski definition) is 4. The number of esters is 1. The Morgan fingerprint density at radius 2 is 2.00 bits per heavy atom. The van der Waals surface area contributed by atoms with Crippen molar-refractivity contribution in [2.45, 2.75) is 19.8 Å². The SMILES string of the molecule is CCCCOCCOC(=O)c1ccccc1NC. The molecule has 0 bridgehead atoms. The van der Waals surface area contributed by atoms with Crippen LogP contribution in [-0.4, -0.2) is 32.8 Å². The highest BCUT2D eigenvalue weighted by Crippen LogP contribution is 2.14. The predicted octanol–water partition coefficient (Wildman–Crippen LogP) is 2.70. The van der Waals surface area contributed by atoms with Crippen LogP contribution < -0.4 is 5.32 Å². The Labute approximate surface area is 108 Å². The minimum atomic E-state index is -0.320. The molecule has 1 rings (SSSR count). The molecule has 4 nitrogen and oxygen atoms in total. The minimum absolute atomic E-state index is 0.292. The van der Waals surface area contributed by atoms with Crippen molar-refractivity contribution in [1.82, 2.24) is 0 Å². The molecule has 0 spiro atoms. The molecule has 1 N–H and O–H groups in total. The molecule has 0 aliphatic heterocycles. The second kappa shape index (κ2) is 8.53. The zero-order chi connectivity index (χ0) is 13.2. The third-order valence-corrected chi connectivity index (χ3v) is 2.52. The van der Waals surface area contributed by atoms with Gasteiger partial charge in [0.15, 0.2) is 0 Å². The first kappa shape index (κ1) is 14.5. The zero-order valence-corrected chi connectivity index (χ0v) is 11.1. The van der Waals surface area contributed by atoms with E-state index in [0.29, 0.717) is 18.8 Å². The van der Waals surface area contributed by atoms with Crippen LogP contribution in [0.3, 0.4) is 0 Å². The summed E-state index contributed by atoms with van der Waals surface area (Å²) in [7, 11) is 1.78. The summed E-state index contributed by atoms with van der Waals surface area (Å²) in [6.07, 6.45) is 2.14. The van der Waals surface area contributed by atoms with Gasteiger partial charge in [-0.25, -0.2) is 4.79 Å². The van der Waals surface area contributed by atoms with E-state index < -0.39 is 0 Å². The summed E-state index contributed by atoms with van der Waals surface area (Å²) in [5.74, 6) is -0.320. The van der Waals surface area contributed by atoms with E-state index in [4.69, 9.17) is 9.47 Å². The molecule has 0 aliphatic carbocycles. The minimum Gasteiger partial charge on any atom is -0.460 e. The van der Waals surface area contributed by atoms with Crippen LogP contribution in [0.1, 0.15) is 30.1 Å². The number of anilines is 1. The average molecular weight is 251 g/mol. The van der Waals surface area contributed by atoms with E-state index in [-0.39, 0.29) is 5.97 Å². The number of carbonyl (C=O) groups is 1. The highest BCUT2D eigenvalue weighted by molar-refractivity contribution is 5.95. The molecule has 0 aliphatic rings. The second-order valence-corrected chi connectivity index (χ2v) is 3.90. The fourth-order valence-corrected chi connectivity index (χ4v) is 1.50. The van der Waals surface area contributed by atoms with Crippen LogP contribution in [0.25, 0.3) is 0 Å². The number of ether oxygens (including phenoxy) is 2. The number of benzene rings is 1. The van der Waals surface area contributed by atoms with Gasteiger partial charge < -0.3 is 14.8 Å². The Bertz CT molecular complexity index is 366. The Kier molecular flexibility index (Phi) is 6.87. The van der Waals surface area contributed by atoms with Gasteiger partial charge in [0.05, 0.1) is 12.2 Å². The number of carbonyl (C=O) groups excluding carboxylic acids is 1. The predicted molar refractivity (Wildman–Crippen MR) is 72.0 cm³/mol. The molecular weight excluding hydrogens is 230 g/mol. The van der Waals surface area contributed by atoms with Crippen LogP contribution >= 0.6 is 0 Å². The van der Waals surface area contributed by atoms with Crippen molar-refractivity contribution >= 4 is 11.7 Å². The van der Waals surface area contributed by atoms with Crippen molar-refractivity contribution in [3.8, 4) is 0 Å². The molecular formula is C14H21NO3. The number of rotatable bonds is 8. The molecule has 0 atom stereocenters. The zero-order valence-electron chi connectivity index (χ0n) is 11.1. The maximum Gasteiger partial charge on any atom is 0.340 e. The standard InChI is InChI=1S/C14H21NO3/c1-3-4-9-17-10-11-18-14(16)12-7-5-6-8-13(12)15-2/h5-8,15H,3-4,9-11H2,1-2H3. The van der Waals surface area contributed by atoms with Gasteiger partial charge in [-0.3, -0.25) is 0 Å². The van der Waals surface area contributed by atoms with E-state index >= 15 is 0 Å². The summed E-state index contributed by atoms with van der Waals surface area (Å²) in [5.41, 5.74) is 1.32. The van der Waals surface area contributed by atoms with Crippen molar-refractivity contribution in [1.29, 1.82) is 0 Å². The summed E-state index contributed by atoms with van der Waals surface area (Å²) < 4.78 is 10.5. The molecule has 0 radical (unpaired) electrons. The molecule has 1 aromatic rings. The van der Waals surface area contributed by atoms with Gasteiger partial charge in [-0.15, -0.1) is 0 Å². The highest BCUT2D eigenvalue weighted by atomic mass is 16.6. The van der Waals surface area contributed by atoms with E-state index in [2.05, 4.69) is 12.2 Å². The molecule has 0 saturated carbocycles. The Morgan fingerprint density at radius 1 is 1.22 bits per heavy atom. The first-order chi connectivity index (χ1) is 8.79. The van der Waals surface area contributed by atoms with Crippen LogP contribution in [0.4, 0.5) is 5.69 Å². The van der Waals surface area contributed by atoms with Gasteiger partial charge >= 0.3 is 5.97 Å². The molecule has 0 amide bonds. The first-order valence-electron chi connectivity index (χ1n) is 6.31. The number of para-hydroxylation sites is 1. The largest absolute Gasteiger partial charge is 0.460 e. The van der Waals surface area contributed by atoms with Crippen LogP contribution in [0.2, 0.25) is 0 Å². The summed E-state index contributed by atoms with van der Waals surface area (Å²) in [6, 6.07) is 7.27. The molecule has 18 heavy (non-hydrogen) atoms. The van der Waals surface area contributed by atoms with E-state index in [1.807, 2.05) is 18.2 Å². The Hall–Kier alpha value is -1.55. The van der Waals surface area contributed by atoms with Crippen LogP contribution in [0.5, 0.6) is 0 Å². The van der Waals surface area contributed by atoms with Gasteiger partial charge in [0.2, 0.25) is 0 Å². The smallest absolute Gasteiger partial charge is 0.340 e. The van der Waals surface area contributed by atoms with Crippen molar-refractivity contribution in [3.63, 3.8) is 0 Å². The number of hydrogen-bond donors (Lipinski definition) is 1. The maximum atomic E-state index is 11.8. The lowest BCUT2D eigenvalue weighted by Gasteiger charge is -2.09. The normalized spacial score (nSPS) is 10.1. The lowest BCUT2D eigenvalue weighted by Crippen LogP contribution is -2.12. The summed E-state index contributed by atoms with van der Waals surface area (Å²) in [4.78, 5) is 11.8. The Morgan fingerprint density at radius 3 is 2.72 bits per heavy atom. The first-order valence-corrected chi connectivity index (χ1v) is 6.31. The molecule has 0 aromatic heterocycles. The third kappa shape index (κ3) is 4.75. The fourth-order valence-electron chi connectivity index (χ4n) is 1.50. The monoisotopic (exact) mass is 251 g/mol.